The fraction of sp³-hybridized carbons (Fsp3) is 0.933. The van der Waals surface area contributed by atoms with Crippen LogP contribution in [0.2, 0.25) is 0 Å². The van der Waals surface area contributed by atoms with Crippen molar-refractivity contribution in [3.8, 4) is 0 Å². The number of carboxylic acids is 1. The number of rotatable bonds is 11. The van der Waals surface area contributed by atoms with Gasteiger partial charge in [0.2, 0.25) is 0 Å². The van der Waals surface area contributed by atoms with Crippen LogP contribution in [0.15, 0.2) is 0 Å². The molecule has 0 radical (unpaired) electrons. The highest BCUT2D eigenvalue weighted by Gasteiger charge is 2.53. The molecule has 0 aliphatic heterocycles. The maximum absolute atomic E-state index is 11.7. The Hall–Kier alpha value is -0.650. The van der Waals surface area contributed by atoms with Gasteiger partial charge in [-0.15, -0.1) is 0 Å². The van der Waals surface area contributed by atoms with Gasteiger partial charge in [0.05, 0.1) is 19.8 Å². The van der Waals surface area contributed by atoms with Crippen LogP contribution in [0.5, 0.6) is 0 Å². The van der Waals surface area contributed by atoms with E-state index in [1.54, 1.807) is 0 Å². The minimum atomic E-state index is -0.876. The molecule has 2 aliphatic rings. The van der Waals surface area contributed by atoms with Crippen molar-refractivity contribution in [3.63, 3.8) is 0 Å². The molecule has 2 fully saturated rings. The van der Waals surface area contributed by atoms with Crippen molar-refractivity contribution in [1.29, 1.82) is 0 Å². The Bertz CT molecular complexity index is 326. The molecule has 1 unspecified atom stereocenters. The molecule has 0 amide bonds. The van der Waals surface area contributed by atoms with Gasteiger partial charge in [-0.25, -0.2) is 0 Å². The molecule has 1 atom stereocenters. The monoisotopic (exact) mass is 285 g/mol. The fourth-order valence-electron chi connectivity index (χ4n) is 2.41. The summed E-state index contributed by atoms with van der Waals surface area (Å²) in [5.74, 6) is -0.0386. The zero-order valence-electron chi connectivity index (χ0n) is 12.6. The lowest BCUT2D eigenvalue weighted by atomic mass is 9.94. The van der Waals surface area contributed by atoms with Gasteiger partial charge in [-0.3, -0.25) is 10.1 Å². The number of carbonyl (C=O) groups is 1. The molecule has 2 N–H and O–H groups in total. The van der Waals surface area contributed by atoms with Gasteiger partial charge in [-0.1, -0.05) is 13.8 Å². The maximum Gasteiger partial charge on any atom is 0.326 e. The van der Waals surface area contributed by atoms with E-state index in [1.165, 1.54) is 0 Å². The van der Waals surface area contributed by atoms with E-state index in [0.717, 1.165) is 32.3 Å². The summed E-state index contributed by atoms with van der Waals surface area (Å²) < 4.78 is 11.1. The van der Waals surface area contributed by atoms with E-state index in [0.29, 0.717) is 25.2 Å². The van der Waals surface area contributed by atoms with Gasteiger partial charge >= 0.3 is 5.97 Å². The minimum Gasteiger partial charge on any atom is -0.480 e. The molecule has 2 rings (SSSR count). The molecule has 0 spiro atoms. The molecule has 20 heavy (non-hydrogen) atoms. The van der Waals surface area contributed by atoms with Crippen LogP contribution in [0, 0.1) is 11.8 Å². The molecule has 2 saturated carbocycles. The highest BCUT2D eigenvalue weighted by atomic mass is 16.5. The molecule has 5 heteroatoms. The Labute approximate surface area is 121 Å². The molecule has 0 aromatic heterocycles. The average Bonchev–Trinajstić information content (AvgIpc) is 3.25. The molecule has 0 aromatic rings. The molecular weight excluding hydrogens is 258 g/mol. The Kier molecular flexibility index (Phi) is 5.41. The van der Waals surface area contributed by atoms with Crippen molar-refractivity contribution in [2.75, 3.05) is 26.4 Å². The third kappa shape index (κ3) is 4.43. The highest BCUT2D eigenvalue weighted by molar-refractivity contribution is 5.80. The van der Waals surface area contributed by atoms with Crippen LogP contribution in [0.25, 0.3) is 0 Å². The summed E-state index contributed by atoms with van der Waals surface area (Å²) >= 11 is 0. The van der Waals surface area contributed by atoms with E-state index in [-0.39, 0.29) is 12.5 Å². The molecule has 0 heterocycles. The van der Waals surface area contributed by atoms with Crippen molar-refractivity contribution in [1.82, 2.24) is 5.32 Å². The van der Waals surface area contributed by atoms with Gasteiger partial charge in [0.15, 0.2) is 0 Å². The summed E-state index contributed by atoms with van der Waals surface area (Å²) in [7, 11) is 0. The van der Waals surface area contributed by atoms with E-state index >= 15 is 0 Å². The molecule has 2 aliphatic carbocycles. The van der Waals surface area contributed by atoms with Gasteiger partial charge in [0, 0.05) is 12.6 Å². The first-order valence-corrected chi connectivity index (χ1v) is 7.71. The predicted octanol–water partition coefficient (Wildman–Crippen LogP) is 1.66. The molecule has 5 nitrogen and oxygen atoms in total. The third-order valence-corrected chi connectivity index (χ3v) is 3.85. The lowest BCUT2D eigenvalue weighted by molar-refractivity contribution is -0.149. The summed E-state index contributed by atoms with van der Waals surface area (Å²) in [6, 6.07) is 0.368. The van der Waals surface area contributed by atoms with E-state index in [1.807, 2.05) is 0 Å². The van der Waals surface area contributed by atoms with E-state index in [9.17, 15) is 9.90 Å². The molecule has 0 aromatic carbocycles. The summed E-state index contributed by atoms with van der Waals surface area (Å²) in [5.41, 5.74) is -0.876. The summed E-state index contributed by atoms with van der Waals surface area (Å²) in [6.45, 7) is 6.15. The summed E-state index contributed by atoms with van der Waals surface area (Å²) in [4.78, 5) is 11.7. The van der Waals surface area contributed by atoms with Gasteiger partial charge in [-0.2, -0.15) is 0 Å². The fourth-order valence-corrected chi connectivity index (χ4v) is 2.41. The summed E-state index contributed by atoms with van der Waals surface area (Å²) in [5, 5.41) is 12.9. The normalized spacial score (nSPS) is 21.9. The smallest absolute Gasteiger partial charge is 0.326 e. The van der Waals surface area contributed by atoms with Crippen LogP contribution in [0.1, 0.15) is 39.5 Å². The maximum atomic E-state index is 11.7. The molecular formula is C15H27NO4. The second-order valence-corrected chi connectivity index (χ2v) is 6.49. The summed E-state index contributed by atoms with van der Waals surface area (Å²) in [6.07, 6.45) is 4.14. The SMILES string of the molecule is CC(C)COCCOCC(NC1CC1)(C(=O)O)C1CC1. The second-order valence-electron chi connectivity index (χ2n) is 6.49. The zero-order chi connectivity index (χ0) is 14.6. The lowest BCUT2D eigenvalue weighted by Crippen LogP contribution is -2.58. The van der Waals surface area contributed by atoms with Crippen LogP contribution in [0.4, 0.5) is 0 Å². The minimum absolute atomic E-state index is 0.220. The first-order chi connectivity index (χ1) is 9.54. The topological polar surface area (TPSA) is 67.8 Å². The van der Waals surface area contributed by atoms with Crippen LogP contribution in [-0.4, -0.2) is 49.1 Å². The first-order valence-electron chi connectivity index (χ1n) is 7.71. The van der Waals surface area contributed by atoms with Gasteiger partial charge in [0.25, 0.3) is 0 Å². The van der Waals surface area contributed by atoms with Crippen LogP contribution >= 0.6 is 0 Å². The Morgan fingerprint density at radius 2 is 1.90 bits per heavy atom. The standard InChI is InChI=1S/C15H27NO4/c1-11(2)9-19-7-8-20-10-15(14(17)18,12-3-4-12)16-13-5-6-13/h11-13,16H,3-10H2,1-2H3,(H,17,18). The van der Waals surface area contributed by atoms with Gasteiger partial charge in [0.1, 0.15) is 5.54 Å². The van der Waals surface area contributed by atoms with Crippen LogP contribution in [-0.2, 0) is 14.3 Å². The zero-order valence-corrected chi connectivity index (χ0v) is 12.6. The quantitative estimate of drug-likeness (QED) is 0.565. The van der Waals surface area contributed by atoms with Crippen molar-refractivity contribution in [2.24, 2.45) is 11.8 Å². The van der Waals surface area contributed by atoms with E-state index in [4.69, 9.17) is 9.47 Å². The van der Waals surface area contributed by atoms with Crippen LogP contribution in [0.3, 0.4) is 0 Å². The number of hydrogen-bond donors (Lipinski definition) is 2. The Balaban J connectivity index is 1.74. The Morgan fingerprint density at radius 1 is 1.25 bits per heavy atom. The van der Waals surface area contributed by atoms with Crippen molar-refractivity contribution < 1.29 is 19.4 Å². The highest BCUT2D eigenvalue weighted by Crippen LogP contribution is 2.42. The first kappa shape index (κ1) is 15.7. The largest absolute Gasteiger partial charge is 0.480 e. The van der Waals surface area contributed by atoms with Gasteiger partial charge in [-0.05, 0) is 37.5 Å². The molecule has 0 bridgehead atoms. The number of nitrogens with one attached hydrogen (secondary N) is 1. The van der Waals surface area contributed by atoms with E-state index < -0.39 is 11.5 Å². The predicted molar refractivity (Wildman–Crippen MR) is 75.7 cm³/mol. The second kappa shape index (κ2) is 6.87. The number of carboxylic acid groups (broad SMARTS) is 1. The van der Waals surface area contributed by atoms with Crippen molar-refractivity contribution >= 4 is 5.97 Å². The molecule has 116 valence electrons. The number of hydrogen-bond acceptors (Lipinski definition) is 4. The van der Waals surface area contributed by atoms with Crippen molar-refractivity contribution in [2.45, 2.75) is 51.1 Å². The number of ether oxygens (including phenoxy) is 2. The van der Waals surface area contributed by atoms with Gasteiger partial charge < -0.3 is 14.6 Å². The third-order valence-electron chi connectivity index (χ3n) is 3.85. The number of aliphatic carboxylic acids is 1. The van der Waals surface area contributed by atoms with E-state index in [2.05, 4.69) is 19.2 Å². The lowest BCUT2D eigenvalue weighted by Gasteiger charge is -2.30. The van der Waals surface area contributed by atoms with Crippen molar-refractivity contribution in [3.05, 3.63) is 0 Å². The Morgan fingerprint density at radius 3 is 2.40 bits per heavy atom. The average molecular weight is 285 g/mol. The van der Waals surface area contributed by atoms with Crippen LogP contribution < -0.4 is 5.32 Å². The molecule has 0 saturated heterocycles.